The van der Waals surface area contributed by atoms with Gasteiger partial charge >= 0.3 is 0 Å². The SMILES string of the molecule is Cc1cccc(N2C(=O)C(Nc3ccc(F)c(F)c3)=C(c3ccc(OCC(C)C)cc3)C2=O)c1. The average molecular weight is 462 g/mol. The Labute approximate surface area is 196 Å². The number of benzene rings is 3. The van der Waals surface area contributed by atoms with Crippen molar-refractivity contribution in [1.29, 1.82) is 0 Å². The number of imide groups is 1. The molecular formula is C27H24F2N2O3. The van der Waals surface area contributed by atoms with Gasteiger partial charge in [-0.05, 0) is 60.4 Å². The lowest BCUT2D eigenvalue weighted by Gasteiger charge is -2.16. The molecule has 1 N–H and O–H groups in total. The molecule has 2 amide bonds. The Morgan fingerprint density at radius 1 is 0.912 bits per heavy atom. The molecule has 0 atom stereocenters. The molecule has 1 aliphatic rings. The minimum atomic E-state index is -1.06. The van der Waals surface area contributed by atoms with Crippen molar-refractivity contribution in [2.75, 3.05) is 16.8 Å². The summed E-state index contributed by atoms with van der Waals surface area (Å²) in [7, 11) is 0. The number of nitrogens with zero attached hydrogens (tertiary/aromatic N) is 1. The lowest BCUT2D eigenvalue weighted by atomic mass is 10.0. The van der Waals surface area contributed by atoms with Crippen LogP contribution in [0.15, 0.2) is 72.4 Å². The van der Waals surface area contributed by atoms with E-state index in [0.29, 0.717) is 29.5 Å². The summed E-state index contributed by atoms with van der Waals surface area (Å²) in [6.45, 7) is 6.49. The zero-order chi connectivity index (χ0) is 24.4. The Balaban J connectivity index is 1.75. The van der Waals surface area contributed by atoms with Crippen molar-refractivity contribution in [3.63, 3.8) is 0 Å². The fourth-order valence-corrected chi connectivity index (χ4v) is 3.61. The van der Waals surface area contributed by atoms with E-state index < -0.39 is 23.4 Å². The van der Waals surface area contributed by atoms with Crippen molar-refractivity contribution < 1.29 is 23.1 Å². The van der Waals surface area contributed by atoms with E-state index in [1.807, 2.05) is 26.8 Å². The maximum Gasteiger partial charge on any atom is 0.282 e. The topological polar surface area (TPSA) is 58.6 Å². The third-order valence-corrected chi connectivity index (χ3v) is 5.26. The molecule has 0 spiro atoms. The molecule has 3 aromatic rings. The molecule has 3 aromatic carbocycles. The van der Waals surface area contributed by atoms with Crippen LogP contribution < -0.4 is 15.0 Å². The van der Waals surface area contributed by atoms with Crippen molar-refractivity contribution in [2.24, 2.45) is 5.92 Å². The minimum absolute atomic E-state index is 0.0200. The van der Waals surface area contributed by atoms with Gasteiger partial charge in [-0.25, -0.2) is 13.7 Å². The molecule has 0 fully saturated rings. The summed E-state index contributed by atoms with van der Waals surface area (Å²) in [5, 5.41) is 2.84. The third-order valence-electron chi connectivity index (χ3n) is 5.26. The largest absolute Gasteiger partial charge is 0.493 e. The Kier molecular flexibility index (Phi) is 6.45. The van der Waals surface area contributed by atoms with Gasteiger partial charge in [0.15, 0.2) is 11.6 Å². The lowest BCUT2D eigenvalue weighted by Crippen LogP contribution is -2.32. The molecule has 7 heteroatoms. The highest BCUT2D eigenvalue weighted by Crippen LogP contribution is 2.34. The van der Waals surface area contributed by atoms with Gasteiger partial charge in [0.25, 0.3) is 11.8 Å². The number of nitrogens with one attached hydrogen (secondary N) is 1. The van der Waals surface area contributed by atoms with Crippen molar-refractivity contribution >= 4 is 28.8 Å². The summed E-state index contributed by atoms with van der Waals surface area (Å²) in [6, 6.07) is 17.1. The molecule has 34 heavy (non-hydrogen) atoms. The van der Waals surface area contributed by atoms with Gasteiger partial charge in [-0.3, -0.25) is 9.59 Å². The molecular weight excluding hydrogens is 438 g/mol. The number of rotatable bonds is 7. The van der Waals surface area contributed by atoms with Gasteiger partial charge < -0.3 is 10.1 Å². The number of halogens is 2. The van der Waals surface area contributed by atoms with Crippen LogP contribution in [-0.4, -0.2) is 18.4 Å². The van der Waals surface area contributed by atoms with Crippen LogP contribution in [0.1, 0.15) is 25.0 Å². The normalized spacial score (nSPS) is 13.8. The zero-order valence-electron chi connectivity index (χ0n) is 19.1. The second kappa shape index (κ2) is 9.47. The second-order valence-corrected chi connectivity index (χ2v) is 8.52. The van der Waals surface area contributed by atoms with E-state index in [2.05, 4.69) is 5.32 Å². The quantitative estimate of drug-likeness (QED) is 0.458. The summed E-state index contributed by atoms with van der Waals surface area (Å²) in [5.74, 6) is -2.18. The molecule has 0 radical (unpaired) electrons. The standard InChI is InChI=1S/C27H24F2N2O3/c1-16(2)15-34-21-10-7-18(8-11-21)24-25(30-19-9-12-22(28)23(29)14-19)27(33)31(26(24)32)20-6-4-5-17(3)13-20/h4-14,16,30H,15H2,1-3H3. The summed E-state index contributed by atoms with van der Waals surface area (Å²) in [4.78, 5) is 28.0. The van der Waals surface area contributed by atoms with Crippen LogP contribution in [0.3, 0.4) is 0 Å². The predicted molar refractivity (Wildman–Crippen MR) is 127 cm³/mol. The van der Waals surface area contributed by atoms with E-state index in [1.54, 1.807) is 42.5 Å². The van der Waals surface area contributed by atoms with Crippen LogP contribution in [0.5, 0.6) is 5.75 Å². The number of amides is 2. The van der Waals surface area contributed by atoms with Gasteiger partial charge in [-0.2, -0.15) is 0 Å². The molecule has 0 saturated heterocycles. The minimum Gasteiger partial charge on any atom is -0.493 e. The highest BCUT2D eigenvalue weighted by atomic mass is 19.2. The number of hydrogen-bond donors (Lipinski definition) is 1. The fourth-order valence-electron chi connectivity index (χ4n) is 3.61. The first kappa shape index (κ1) is 23.2. The number of hydrogen-bond acceptors (Lipinski definition) is 4. The molecule has 0 saturated carbocycles. The second-order valence-electron chi connectivity index (χ2n) is 8.52. The van der Waals surface area contributed by atoms with E-state index in [9.17, 15) is 18.4 Å². The van der Waals surface area contributed by atoms with E-state index in [4.69, 9.17) is 4.74 Å². The van der Waals surface area contributed by atoms with Crippen LogP contribution in [0, 0.1) is 24.5 Å². The number of carbonyl (C=O) groups is 2. The highest BCUT2D eigenvalue weighted by molar-refractivity contribution is 6.46. The molecule has 0 aromatic heterocycles. The number of anilines is 2. The smallest absolute Gasteiger partial charge is 0.282 e. The molecule has 4 rings (SSSR count). The Morgan fingerprint density at radius 2 is 1.65 bits per heavy atom. The Hall–Kier alpha value is -4.00. The van der Waals surface area contributed by atoms with Crippen molar-refractivity contribution in [3.8, 4) is 5.75 Å². The molecule has 5 nitrogen and oxygen atoms in total. The van der Waals surface area contributed by atoms with E-state index >= 15 is 0 Å². The van der Waals surface area contributed by atoms with Crippen LogP contribution in [0.25, 0.3) is 5.57 Å². The molecule has 0 aliphatic carbocycles. The van der Waals surface area contributed by atoms with Crippen LogP contribution in [0.4, 0.5) is 20.2 Å². The van der Waals surface area contributed by atoms with Gasteiger partial charge in [0.2, 0.25) is 0 Å². The Bertz CT molecular complexity index is 1280. The van der Waals surface area contributed by atoms with Crippen LogP contribution in [-0.2, 0) is 9.59 Å². The van der Waals surface area contributed by atoms with Crippen LogP contribution >= 0.6 is 0 Å². The van der Waals surface area contributed by atoms with Crippen molar-refractivity contribution in [3.05, 3.63) is 95.2 Å². The molecule has 174 valence electrons. The van der Waals surface area contributed by atoms with E-state index in [-0.39, 0.29) is 17.0 Å². The first-order valence-corrected chi connectivity index (χ1v) is 10.9. The number of ether oxygens (including phenoxy) is 1. The summed E-state index contributed by atoms with van der Waals surface area (Å²) in [5.41, 5.74) is 2.06. The van der Waals surface area contributed by atoms with Gasteiger partial charge in [0.1, 0.15) is 11.4 Å². The molecule has 1 aliphatic heterocycles. The van der Waals surface area contributed by atoms with E-state index in [0.717, 1.165) is 22.6 Å². The highest BCUT2D eigenvalue weighted by Gasteiger charge is 2.40. The first-order valence-electron chi connectivity index (χ1n) is 10.9. The van der Waals surface area contributed by atoms with Gasteiger partial charge in [-0.15, -0.1) is 0 Å². The summed E-state index contributed by atoms with van der Waals surface area (Å²) < 4.78 is 32.9. The van der Waals surface area contributed by atoms with Crippen molar-refractivity contribution in [2.45, 2.75) is 20.8 Å². The van der Waals surface area contributed by atoms with Gasteiger partial charge in [0, 0.05) is 11.8 Å². The monoisotopic (exact) mass is 462 g/mol. The fraction of sp³-hybridized carbons (Fsp3) is 0.185. The zero-order valence-corrected chi connectivity index (χ0v) is 19.1. The van der Waals surface area contributed by atoms with Gasteiger partial charge in [-0.1, -0.05) is 38.1 Å². The number of carbonyl (C=O) groups excluding carboxylic acids is 2. The first-order chi connectivity index (χ1) is 16.2. The summed E-state index contributed by atoms with van der Waals surface area (Å²) in [6.07, 6.45) is 0. The molecule has 1 heterocycles. The predicted octanol–water partition coefficient (Wildman–Crippen LogP) is 5.70. The summed E-state index contributed by atoms with van der Waals surface area (Å²) >= 11 is 0. The maximum absolute atomic E-state index is 13.8. The van der Waals surface area contributed by atoms with E-state index in [1.165, 1.54) is 6.07 Å². The number of aryl methyl sites for hydroxylation is 1. The maximum atomic E-state index is 13.8. The molecule has 0 bridgehead atoms. The lowest BCUT2D eigenvalue weighted by molar-refractivity contribution is -0.120. The van der Waals surface area contributed by atoms with Gasteiger partial charge in [0.05, 0.1) is 17.9 Å². The average Bonchev–Trinajstić information content (AvgIpc) is 3.04. The molecule has 0 unspecified atom stereocenters. The third kappa shape index (κ3) is 4.69. The Morgan fingerprint density at radius 3 is 2.29 bits per heavy atom. The van der Waals surface area contributed by atoms with Crippen molar-refractivity contribution in [1.82, 2.24) is 0 Å². The van der Waals surface area contributed by atoms with Crippen LogP contribution in [0.2, 0.25) is 0 Å².